The third-order valence-electron chi connectivity index (χ3n) is 4.61. The van der Waals surface area contributed by atoms with Gasteiger partial charge in [0.05, 0.1) is 0 Å². The van der Waals surface area contributed by atoms with Crippen LogP contribution in [0.25, 0.3) is 0 Å². The van der Waals surface area contributed by atoms with Gasteiger partial charge >= 0.3 is 0 Å². The molecule has 1 aromatic rings. The van der Waals surface area contributed by atoms with Crippen LogP contribution >= 0.6 is 15.9 Å². The maximum atomic E-state index is 13.5. The third kappa shape index (κ3) is 7.93. The van der Waals surface area contributed by atoms with Crippen molar-refractivity contribution < 1.29 is 22.0 Å². The first-order chi connectivity index (χ1) is 12.5. The number of hydrogen-bond donors (Lipinski definition) is 0. The molecule has 0 saturated heterocycles. The molecule has 0 N–H and O–H groups in total. The van der Waals surface area contributed by atoms with Gasteiger partial charge in [0.2, 0.25) is 5.82 Å². The average Bonchev–Trinajstić information content (AvgIpc) is 2.64. The number of rotatable bonds is 14. The van der Waals surface area contributed by atoms with Crippen LogP contribution < -0.4 is 0 Å². The normalized spacial score (nSPS) is 11.3. The van der Waals surface area contributed by atoms with Crippen molar-refractivity contribution in [3.63, 3.8) is 0 Å². The summed E-state index contributed by atoms with van der Waals surface area (Å²) >= 11 is 3.42. The minimum atomic E-state index is -2.09. The van der Waals surface area contributed by atoms with E-state index in [9.17, 15) is 22.0 Å². The Hall–Kier alpha value is -0.650. The highest BCUT2D eigenvalue weighted by atomic mass is 79.9. The Balaban J connectivity index is 2.10. The van der Waals surface area contributed by atoms with Crippen molar-refractivity contribution in [2.75, 3.05) is 5.33 Å². The van der Waals surface area contributed by atoms with Gasteiger partial charge in [-0.3, -0.25) is 0 Å². The molecule has 0 saturated carbocycles. The predicted octanol–water partition coefficient (Wildman–Crippen LogP) is 8.00. The zero-order valence-electron chi connectivity index (χ0n) is 15.2. The topological polar surface area (TPSA) is 0 Å². The van der Waals surface area contributed by atoms with Crippen LogP contribution in [0, 0.1) is 29.1 Å². The number of benzene rings is 1. The molecule has 1 aromatic carbocycles. The maximum absolute atomic E-state index is 13.5. The first-order valence-electron chi connectivity index (χ1n) is 9.57. The van der Waals surface area contributed by atoms with Gasteiger partial charge in [-0.15, -0.1) is 0 Å². The molecule has 6 heteroatoms. The molecular weight excluding hydrogens is 415 g/mol. The van der Waals surface area contributed by atoms with E-state index in [-0.39, 0.29) is 6.42 Å². The molecule has 0 bridgehead atoms. The maximum Gasteiger partial charge on any atom is 0.200 e. The average molecular weight is 443 g/mol. The van der Waals surface area contributed by atoms with E-state index in [0.717, 1.165) is 31.0 Å². The summed E-state index contributed by atoms with van der Waals surface area (Å²) in [5.41, 5.74) is -0.693. The van der Waals surface area contributed by atoms with Crippen LogP contribution in [-0.4, -0.2) is 5.33 Å². The van der Waals surface area contributed by atoms with Crippen molar-refractivity contribution in [2.45, 2.75) is 83.5 Å². The van der Waals surface area contributed by atoms with Crippen molar-refractivity contribution in [1.29, 1.82) is 0 Å². The zero-order chi connectivity index (χ0) is 19.4. The van der Waals surface area contributed by atoms with Gasteiger partial charge in [-0.05, 0) is 19.3 Å². The van der Waals surface area contributed by atoms with Gasteiger partial charge in [0, 0.05) is 10.9 Å². The fourth-order valence-corrected chi connectivity index (χ4v) is 3.43. The molecule has 0 fully saturated rings. The lowest BCUT2D eigenvalue weighted by Crippen LogP contribution is -2.07. The number of hydrogen-bond acceptors (Lipinski definition) is 0. The van der Waals surface area contributed by atoms with Gasteiger partial charge in [-0.1, -0.05) is 80.1 Å². The molecule has 0 unspecified atom stereocenters. The zero-order valence-corrected chi connectivity index (χ0v) is 16.8. The Morgan fingerprint density at radius 2 is 0.731 bits per heavy atom. The van der Waals surface area contributed by atoms with Crippen molar-refractivity contribution in [1.82, 2.24) is 0 Å². The van der Waals surface area contributed by atoms with Gasteiger partial charge < -0.3 is 0 Å². The standard InChI is InChI=1S/C20H28BrF5/c21-14-12-10-8-6-4-2-1-3-5-7-9-11-13-15-16(22)18(24)20(26)19(25)17(15)23/h1-14H2. The molecule has 26 heavy (non-hydrogen) atoms. The lowest BCUT2D eigenvalue weighted by Gasteiger charge is -2.08. The van der Waals surface area contributed by atoms with Crippen LogP contribution in [0.3, 0.4) is 0 Å². The molecule has 0 spiro atoms. The molecule has 0 radical (unpaired) electrons. The quantitative estimate of drug-likeness (QED) is 0.0899. The SMILES string of the molecule is Fc1c(F)c(F)c(CCCCCCCCCCCCCCBr)c(F)c1F. The molecule has 0 atom stereocenters. The Kier molecular flexibility index (Phi) is 12.2. The van der Waals surface area contributed by atoms with Gasteiger partial charge in [0.1, 0.15) is 0 Å². The largest absolute Gasteiger partial charge is 0.203 e. The summed E-state index contributed by atoms with van der Waals surface area (Å²) in [6.07, 6.45) is 12.9. The Bertz CT molecular complexity index is 504. The van der Waals surface area contributed by atoms with Crippen molar-refractivity contribution in [3.05, 3.63) is 34.6 Å². The van der Waals surface area contributed by atoms with Gasteiger partial charge in [0.15, 0.2) is 23.3 Å². The number of unbranched alkanes of at least 4 members (excludes halogenated alkanes) is 11. The van der Waals surface area contributed by atoms with E-state index in [1.165, 1.54) is 44.9 Å². The lowest BCUT2D eigenvalue weighted by atomic mass is 10.0. The van der Waals surface area contributed by atoms with Gasteiger partial charge in [0.25, 0.3) is 0 Å². The van der Waals surface area contributed by atoms with E-state index in [1.807, 2.05) is 0 Å². The van der Waals surface area contributed by atoms with Crippen molar-refractivity contribution in [3.8, 4) is 0 Å². The van der Waals surface area contributed by atoms with E-state index in [1.54, 1.807) is 0 Å². The first-order valence-corrected chi connectivity index (χ1v) is 10.7. The fraction of sp³-hybridized carbons (Fsp3) is 0.700. The summed E-state index contributed by atoms with van der Waals surface area (Å²) in [5, 5.41) is 1.08. The minimum absolute atomic E-state index is 0.125. The molecule has 0 aliphatic carbocycles. The van der Waals surface area contributed by atoms with E-state index in [2.05, 4.69) is 15.9 Å². The van der Waals surface area contributed by atoms with E-state index in [4.69, 9.17) is 0 Å². The van der Waals surface area contributed by atoms with E-state index in [0.29, 0.717) is 6.42 Å². The Morgan fingerprint density at radius 1 is 0.423 bits per heavy atom. The fourth-order valence-electron chi connectivity index (χ4n) is 3.03. The highest BCUT2D eigenvalue weighted by Gasteiger charge is 2.24. The molecule has 0 heterocycles. The Morgan fingerprint density at radius 3 is 1.12 bits per heavy atom. The van der Waals surface area contributed by atoms with Crippen molar-refractivity contribution in [2.24, 2.45) is 0 Å². The van der Waals surface area contributed by atoms with Crippen LogP contribution in [0.5, 0.6) is 0 Å². The van der Waals surface area contributed by atoms with Gasteiger partial charge in [-0.2, -0.15) is 0 Å². The highest BCUT2D eigenvalue weighted by molar-refractivity contribution is 9.09. The highest BCUT2D eigenvalue weighted by Crippen LogP contribution is 2.24. The number of alkyl halides is 1. The second kappa shape index (κ2) is 13.5. The first kappa shape index (κ1) is 23.4. The van der Waals surface area contributed by atoms with Crippen LogP contribution in [0.15, 0.2) is 0 Å². The summed E-state index contributed by atoms with van der Waals surface area (Å²) in [7, 11) is 0. The second-order valence-corrected chi connectivity index (χ2v) is 7.52. The molecule has 150 valence electrons. The lowest BCUT2D eigenvalue weighted by molar-refractivity contribution is 0.368. The summed E-state index contributed by atoms with van der Waals surface area (Å²) in [6.45, 7) is 0. The van der Waals surface area contributed by atoms with Crippen LogP contribution in [0.4, 0.5) is 22.0 Å². The molecule has 0 aliphatic heterocycles. The predicted molar refractivity (Wildman–Crippen MR) is 99.1 cm³/mol. The van der Waals surface area contributed by atoms with Crippen LogP contribution in [0.1, 0.15) is 82.6 Å². The third-order valence-corrected chi connectivity index (χ3v) is 5.17. The Labute approximate surface area is 161 Å². The summed E-state index contributed by atoms with van der Waals surface area (Å²) < 4.78 is 66.2. The minimum Gasteiger partial charge on any atom is -0.203 e. The molecular formula is C20H28BrF5. The van der Waals surface area contributed by atoms with Gasteiger partial charge in [-0.25, -0.2) is 22.0 Å². The van der Waals surface area contributed by atoms with E-state index < -0.39 is 34.6 Å². The van der Waals surface area contributed by atoms with E-state index >= 15 is 0 Å². The van der Waals surface area contributed by atoms with Crippen LogP contribution in [-0.2, 0) is 6.42 Å². The molecule has 0 amide bonds. The molecule has 0 aliphatic rings. The molecule has 0 aromatic heterocycles. The monoisotopic (exact) mass is 442 g/mol. The molecule has 1 rings (SSSR count). The van der Waals surface area contributed by atoms with Crippen LogP contribution in [0.2, 0.25) is 0 Å². The summed E-state index contributed by atoms with van der Waals surface area (Å²) in [5.74, 6) is -9.20. The second-order valence-electron chi connectivity index (χ2n) is 6.73. The summed E-state index contributed by atoms with van der Waals surface area (Å²) in [4.78, 5) is 0. The molecule has 0 nitrogen and oxygen atoms in total. The van der Waals surface area contributed by atoms with Crippen molar-refractivity contribution >= 4 is 15.9 Å². The number of halogens is 6. The smallest absolute Gasteiger partial charge is 0.200 e. The summed E-state index contributed by atoms with van der Waals surface area (Å²) in [6, 6.07) is 0.